The van der Waals surface area contributed by atoms with Gasteiger partial charge in [-0.25, -0.2) is 4.98 Å². The molecule has 1 saturated heterocycles. The molecule has 2 aromatic carbocycles. The Morgan fingerprint density at radius 2 is 1.71 bits per heavy atom. The average molecular weight is 1030 g/mol. The summed E-state index contributed by atoms with van der Waals surface area (Å²) in [5, 5.41) is 20.0. The number of carbonyl (C=O) groups excluding carboxylic acids is 4. The number of esters is 1. The predicted molar refractivity (Wildman–Crippen MR) is 275 cm³/mol. The Morgan fingerprint density at radius 1 is 0.972 bits per heavy atom. The Morgan fingerprint density at radius 3 is 2.38 bits per heavy atom. The van der Waals surface area contributed by atoms with Gasteiger partial charge < -0.3 is 49.3 Å². The molecule has 0 radical (unpaired) electrons. The summed E-state index contributed by atoms with van der Waals surface area (Å²) >= 11 is 12.7. The SMILES string of the molecule is COCC(NC(=O)C(C)NCc1ccc(Cl)cc1Oc1ccc(-c2cnc(CN(C)C)n2C)nc1)C(=O)N(C)C1(Cc2ccc(Cl)cc2)CCCN(C(=O)C(CC(=O)OC(C)(C)C)Cc2cccc[n+]2[O-])C1. The van der Waals surface area contributed by atoms with Crippen LogP contribution in [0.5, 0.6) is 11.5 Å². The molecule has 0 spiro atoms. The molecule has 3 aromatic heterocycles. The highest BCUT2D eigenvalue weighted by Crippen LogP contribution is 2.34. The highest BCUT2D eigenvalue weighted by molar-refractivity contribution is 6.31. The molecule has 72 heavy (non-hydrogen) atoms. The molecule has 0 aliphatic carbocycles. The number of amides is 3. The van der Waals surface area contributed by atoms with Crippen LogP contribution in [-0.4, -0.2) is 124 Å². The first-order chi connectivity index (χ1) is 34.1. The van der Waals surface area contributed by atoms with E-state index in [9.17, 15) is 24.4 Å². The van der Waals surface area contributed by atoms with E-state index in [0.29, 0.717) is 64.3 Å². The Kier molecular flexibility index (Phi) is 18.8. The molecule has 1 aliphatic rings. The van der Waals surface area contributed by atoms with Crippen molar-refractivity contribution >= 4 is 46.9 Å². The lowest BCUT2D eigenvalue weighted by atomic mass is 9.80. The second-order valence-corrected chi connectivity index (χ2v) is 20.6. The number of hydrogen-bond donors (Lipinski definition) is 2. The molecule has 19 heteroatoms. The summed E-state index contributed by atoms with van der Waals surface area (Å²) in [5.41, 5.74) is 1.76. The van der Waals surface area contributed by atoms with Crippen molar-refractivity contribution < 1.29 is 38.1 Å². The molecule has 6 rings (SSSR count). The first-order valence-corrected chi connectivity index (χ1v) is 24.7. The molecule has 1 fully saturated rings. The number of likely N-dealkylation sites (N-methyl/N-ethyl adjacent to an activating group) is 1. The van der Waals surface area contributed by atoms with Gasteiger partial charge in [0.05, 0.1) is 60.9 Å². The molecule has 0 saturated carbocycles. The van der Waals surface area contributed by atoms with Crippen LogP contribution in [0.4, 0.5) is 0 Å². The molecular formula is C53H67Cl2N9O8. The fourth-order valence-corrected chi connectivity index (χ4v) is 9.14. The van der Waals surface area contributed by atoms with Crippen molar-refractivity contribution in [3.63, 3.8) is 0 Å². The van der Waals surface area contributed by atoms with Crippen molar-refractivity contribution in [2.24, 2.45) is 13.0 Å². The zero-order valence-corrected chi connectivity index (χ0v) is 44.1. The molecule has 3 amide bonds. The first kappa shape index (κ1) is 55.2. The van der Waals surface area contributed by atoms with Crippen LogP contribution in [-0.2, 0) is 61.6 Å². The van der Waals surface area contributed by atoms with E-state index in [1.54, 1.807) is 99.4 Å². The number of nitrogens with one attached hydrogen (secondary N) is 2. The summed E-state index contributed by atoms with van der Waals surface area (Å²) in [6.07, 6.45) is 5.90. The van der Waals surface area contributed by atoms with E-state index >= 15 is 0 Å². The van der Waals surface area contributed by atoms with E-state index in [4.69, 9.17) is 37.4 Å². The third kappa shape index (κ3) is 14.7. The van der Waals surface area contributed by atoms with Crippen molar-refractivity contribution in [1.29, 1.82) is 0 Å². The second-order valence-electron chi connectivity index (χ2n) is 19.7. The fraction of sp³-hybridized carbons (Fsp3) is 0.453. The minimum Gasteiger partial charge on any atom is -0.619 e. The molecule has 5 aromatic rings. The van der Waals surface area contributed by atoms with Crippen molar-refractivity contribution in [2.45, 2.75) is 96.1 Å². The number of halogens is 2. The minimum atomic E-state index is -1.11. The summed E-state index contributed by atoms with van der Waals surface area (Å²) in [7, 11) is 9.06. The maximum atomic E-state index is 14.8. The summed E-state index contributed by atoms with van der Waals surface area (Å²) in [6.45, 7) is 8.17. The van der Waals surface area contributed by atoms with Crippen LogP contribution in [0, 0.1) is 11.1 Å². The van der Waals surface area contributed by atoms with Gasteiger partial charge in [-0.15, -0.1) is 0 Å². The van der Waals surface area contributed by atoms with E-state index in [1.165, 1.54) is 13.3 Å². The van der Waals surface area contributed by atoms with Crippen LogP contribution >= 0.6 is 23.2 Å². The zero-order valence-electron chi connectivity index (χ0n) is 42.6. The number of pyridine rings is 2. The quantitative estimate of drug-likeness (QED) is 0.0460. The number of hydrogen-bond acceptors (Lipinski definition) is 12. The van der Waals surface area contributed by atoms with E-state index in [1.807, 2.05) is 60.9 Å². The van der Waals surface area contributed by atoms with Gasteiger partial charge in [-0.1, -0.05) is 47.5 Å². The molecule has 17 nitrogen and oxygen atoms in total. The summed E-state index contributed by atoms with van der Waals surface area (Å²) in [4.78, 5) is 71.3. The number of likely N-dealkylation sites (tertiary alicyclic amines) is 1. The van der Waals surface area contributed by atoms with E-state index in [-0.39, 0.29) is 38.4 Å². The van der Waals surface area contributed by atoms with E-state index < -0.39 is 46.9 Å². The van der Waals surface area contributed by atoms with Crippen LogP contribution in [0.15, 0.2) is 91.4 Å². The van der Waals surface area contributed by atoms with Crippen molar-refractivity contribution in [3.8, 4) is 22.9 Å². The molecule has 0 bridgehead atoms. The van der Waals surface area contributed by atoms with Crippen LogP contribution in [0.25, 0.3) is 11.4 Å². The maximum Gasteiger partial charge on any atom is 0.307 e. The number of ether oxygens (including phenoxy) is 3. The Bertz CT molecular complexity index is 2660. The number of aromatic nitrogens is 4. The lowest BCUT2D eigenvalue weighted by Gasteiger charge is -2.49. The zero-order chi connectivity index (χ0) is 52.3. The first-order valence-electron chi connectivity index (χ1n) is 24.0. The average Bonchev–Trinajstić information content (AvgIpc) is 3.69. The Labute approximate surface area is 432 Å². The van der Waals surface area contributed by atoms with Gasteiger partial charge >= 0.3 is 5.97 Å². The number of piperidine rings is 1. The van der Waals surface area contributed by atoms with Crippen molar-refractivity contribution in [2.75, 3.05) is 47.9 Å². The van der Waals surface area contributed by atoms with E-state index in [0.717, 1.165) is 28.3 Å². The van der Waals surface area contributed by atoms with Gasteiger partial charge in [0.15, 0.2) is 11.9 Å². The largest absolute Gasteiger partial charge is 0.619 e. The van der Waals surface area contributed by atoms with Crippen LogP contribution in [0.1, 0.15) is 69.6 Å². The highest BCUT2D eigenvalue weighted by atomic mass is 35.5. The third-order valence-electron chi connectivity index (χ3n) is 12.6. The summed E-state index contributed by atoms with van der Waals surface area (Å²) in [5.74, 6) is -0.844. The standard InChI is InChI=1S/C53H67Cl2N9O8/c1-35(56-29-37-16-19-40(55)27-46(37)71-42-20-21-43(57-30-42)45-31-58-47(61(45)7)32-60(5)6)49(66)59-44(33-70-9)51(68)62(8)53(28-36-14-17-39(54)18-15-36)22-12-23-63(34-53)50(67)38(26-48(65)72-52(2,3)4)25-41-13-10-11-24-64(41)69/h10-11,13-21,24,27,30-31,35,38,44,56H,12,22-23,25-26,28-29,32-34H2,1-9H3,(H,59,66). The number of nitrogens with zero attached hydrogens (tertiary/aromatic N) is 7. The molecule has 2 N–H and O–H groups in total. The van der Waals surface area contributed by atoms with Gasteiger partial charge in [-0.05, 0) is 103 Å². The number of carbonyl (C=O) groups is 4. The summed E-state index contributed by atoms with van der Waals surface area (Å²) < 4.78 is 20.2. The molecule has 4 unspecified atom stereocenters. The van der Waals surface area contributed by atoms with Crippen molar-refractivity contribution in [3.05, 3.63) is 129 Å². The lowest BCUT2D eigenvalue weighted by molar-refractivity contribution is -0.614. The number of imidazole rings is 1. The summed E-state index contributed by atoms with van der Waals surface area (Å²) in [6, 6.07) is 19.3. The smallest absolute Gasteiger partial charge is 0.307 e. The highest BCUT2D eigenvalue weighted by Gasteiger charge is 2.46. The van der Waals surface area contributed by atoms with Gasteiger partial charge in [0.25, 0.3) is 0 Å². The third-order valence-corrected chi connectivity index (χ3v) is 13.1. The normalized spacial score (nSPS) is 16.2. The van der Waals surface area contributed by atoms with Crippen LogP contribution < -0.4 is 20.1 Å². The lowest BCUT2D eigenvalue weighted by Crippen LogP contribution is -2.65. The molecule has 1 aliphatic heterocycles. The minimum absolute atomic E-state index is 0.00448. The van der Waals surface area contributed by atoms with Gasteiger partial charge in [-0.2, -0.15) is 4.73 Å². The molecule has 386 valence electrons. The number of methoxy groups -OCH3 is 1. The maximum absolute atomic E-state index is 14.8. The van der Waals surface area contributed by atoms with E-state index in [2.05, 4.69) is 20.6 Å². The van der Waals surface area contributed by atoms with Crippen molar-refractivity contribution in [1.82, 2.24) is 39.9 Å². The second kappa shape index (κ2) is 24.5. The van der Waals surface area contributed by atoms with Gasteiger partial charge in [-0.3, -0.25) is 24.2 Å². The van der Waals surface area contributed by atoms with Crippen LogP contribution in [0.3, 0.4) is 0 Å². The number of rotatable bonds is 21. The molecule has 4 heterocycles. The Hall–Kier alpha value is -6.11. The molecule has 4 atom stereocenters. The van der Waals surface area contributed by atoms with Gasteiger partial charge in [0, 0.05) is 75.0 Å². The Balaban J connectivity index is 1.17. The topological polar surface area (TPSA) is 187 Å². The van der Waals surface area contributed by atoms with Gasteiger partial charge in [0.1, 0.15) is 29.0 Å². The fourth-order valence-electron chi connectivity index (χ4n) is 8.85. The number of benzene rings is 2. The van der Waals surface area contributed by atoms with Gasteiger partial charge in [0.2, 0.25) is 17.7 Å². The monoisotopic (exact) mass is 1030 g/mol. The molecular weight excluding hydrogens is 962 g/mol. The van der Waals surface area contributed by atoms with Crippen LogP contribution in [0.2, 0.25) is 10.0 Å². The predicted octanol–water partition coefficient (Wildman–Crippen LogP) is 6.54.